The molecule has 0 heterocycles. The van der Waals surface area contributed by atoms with Crippen molar-refractivity contribution in [1.29, 1.82) is 0 Å². The van der Waals surface area contributed by atoms with Crippen molar-refractivity contribution >= 4 is 6.08 Å². The van der Waals surface area contributed by atoms with Crippen LogP contribution in [-0.2, 0) is 11.3 Å². The lowest BCUT2D eigenvalue weighted by atomic mass is 10.1. The van der Waals surface area contributed by atoms with Gasteiger partial charge in [-0.2, -0.15) is 0 Å². The average molecular weight is 203 g/mol. The van der Waals surface area contributed by atoms with Crippen molar-refractivity contribution in [3.63, 3.8) is 0 Å². The van der Waals surface area contributed by atoms with E-state index < -0.39 is 0 Å². The monoisotopic (exact) mass is 203 g/mol. The van der Waals surface area contributed by atoms with Gasteiger partial charge in [-0.05, 0) is 16.7 Å². The zero-order valence-electron chi connectivity index (χ0n) is 8.63. The van der Waals surface area contributed by atoms with Crippen molar-refractivity contribution in [1.82, 2.24) is 0 Å². The van der Waals surface area contributed by atoms with Crippen LogP contribution >= 0.6 is 0 Å². The molecule has 0 atom stereocenters. The molecule has 78 valence electrons. The smallest absolute Gasteiger partial charge is 0.0713 e. The maximum Gasteiger partial charge on any atom is 0.0713 e. The number of nitrogens with zero attached hydrogens (tertiary/aromatic N) is 3. The van der Waals surface area contributed by atoms with Gasteiger partial charge in [0.05, 0.1) is 6.61 Å². The van der Waals surface area contributed by atoms with E-state index in [4.69, 9.17) is 10.3 Å². The van der Waals surface area contributed by atoms with E-state index in [2.05, 4.69) is 10.0 Å². The molecule has 0 amide bonds. The van der Waals surface area contributed by atoms with Gasteiger partial charge in [0.15, 0.2) is 0 Å². The van der Waals surface area contributed by atoms with Crippen LogP contribution in [0.25, 0.3) is 16.5 Å². The fourth-order valence-corrected chi connectivity index (χ4v) is 1.16. The van der Waals surface area contributed by atoms with Crippen molar-refractivity contribution in [2.24, 2.45) is 5.11 Å². The van der Waals surface area contributed by atoms with Crippen LogP contribution in [0.15, 0.2) is 35.5 Å². The second kappa shape index (κ2) is 6.65. The van der Waals surface area contributed by atoms with E-state index in [-0.39, 0.29) is 0 Å². The first kappa shape index (κ1) is 11.3. The highest BCUT2D eigenvalue weighted by atomic mass is 16.5. The van der Waals surface area contributed by atoms with E-state index in [0.29, 0.717) is 13.2 Å². The zero-order valence-corrected chi connectivity index (χ0v) is 8.63. The highest BCUT2D eigenvalue weighted by molar-refractivity contribution is 5.49. The van der Waals surface area contributed by atoms with Crippen LogP contribution in [0, 0.1) is 0 Å². The van der Waals surface area contributed by atoms with E-state index >= 15 is 0 Å². The molecule has 1 aromatic rings. The Morgan fingerprint density at radius 2 is 2.13 bits per heavy atom. The second-order valence-electron chi connectivity index (χ2n) is 2.99. The Morgan fingerprint density at radius 1 is 1.40 bits per heavy atom. The number of hydrogen-bond donors (Lipinski definition) is 0. The van der Waals surface area contributed by atoms with Gasteiger partial charge < -0.3 is 4.74 Å². The molecule has 0 fully saturated rings. The SMILES string of the molecule is COCc1ccc(C=CCN=[N+]=[N-])cc1. The molecule has 0 aliphatic carbocycles. The molecule has 4 nitrogen and oxygen atoms in total. The van der Waals surface area contributed by atoms with Crippen molar-refractivity contribution in [3.05, 3.63) is 51.9 Å². The minimum absolute atomic E-state index is 0.385. The van der Waals surface area contributed by atoms with E-state index in [1.54, 1.807) is 7.11 Å². The molecular weight excluding hydrogens is 190 g/mol. The van der Waals surface area contributed by atoms with Crippen molar-refractivity contribution in [2.75, 3.05) is 13.7 Å². The minimum atomic E-state index is 0.385. The van der Waals surface area contributed by atoms with Crippen molar-refractivity contribution < 1.29 is 4.74 Å². The molecule has 0 bridgehead atoms. The third-order valence-electron chi connectivity index (χ3n) is 1.85. The quantitative estimate of drug-likeness (QED) is 0.412. The van der Waals surface area contributed by atoms with Gasteiger partial charge in [-0.25, -0.2) is 0 Å². The molecule has 15 heavy (non-hydrogen) atoms. The highest BCUT2D eigenvalue weighted by Gasteiger charge is 1.90. The topological polar surface area (TPSA) is 58.0 Å². The first-order valence-corrected chi connectivity index (χ1v) is 4.62. The third-order valence-corrected chi connectivity index (χ3v) is 1.85. The lowest BCUT2D eigenvalue weighted by molar-refractivity contribution is 0.185. The van der Waals surface area contributed by atoms with Crippen LogP contribution in [0.3, 0.4) is 0 Å². The molecule has 0 aliphatic heterocycles. The summed E-state index contributed by atoms with van der Waals surface area (Å²) in [6, 6.07) is 8.02. The lowest BCUT2D eigenvalue weighted by Crippen LogP contribution is -1.86. The molecule has 0 N–H and O–H groups in total. The Hall–Kier alpha value is -1.77. The predicted molar refractivity (Wildman–Crippen MR) is 60.2 cm³/mol. The molecule has 0 saturated heterocycles. The van der Waals surface area contributed by atoms with Crippen LogP contribution < -0.4 is 0 Å². The maximum absolute atomic E-state index is 8.07. The van der Waals surface area contributed by atoms with Gasteiger partial charge in [0.1, 0.15) is 0 Å². The van der Waals surface area contributed by atoms with Crippen LogP contribution in [0.5, 0.6) is 0 Å². The maximum atomic E-state index is 8.07. The van der Waals surface area contributed by atoms with Gasteiger partial charge in [-0.15, -0.1) is 0 Å². The van der Waals surface area contributed by atoms with Crippen LogP contribution in [0.4, 0.5) is 0 Å². The number of hydrogen-bond acceptors (Lipinski definition) is 2. The van der Waals surface area contributed by atoms with Gasteiger partial charge in [-0.1, -0.05) is 41.5 Å². The van der Waals surface area contributed by atoms with E-state index in [0.717, 1.165) is 11.1 Å². The van der Waals surface area contributed by atoms with E-state index in [1.807, 2.05) is 36.4 Å². The summed E-state index contributed by atoms with van der Waals surface area (Å²) in [5, 5.41) is 3.41. The van der Waals surface area contributed by atoms with Crippen molar-refractivity contribution in [2.45, 2.75) is 6.61 Å². The van der Waals surface area contributed by atoms with Gasteiger partial charge in [-0.3, -0.25) is 0 Å². The minimum Gasteiger partial charge on any atom is -0.380 e. The van der Waals surface area contributed by atoms with E-state index in [9.17, 15) is 0 Å². The first-order valence-electron chi connectivity index (χ1n) is 4.62. The number of rotatable bonds is 5. The number of benzene rings is 1. The van der Waals surface area contributed by atoms with Crippen LogP contribution in [0.1, 0.15) is 11.1 Å². The summed E-state index contributed by atoms with van der Waals surface area (Å²) in [6.45, 7) is 1.01. The summed E-state index contributed by atoms with van der Waals surface area (Å²) in [5.41, 5.74) is 10.3. The van der Waals surface area contributed by atoms with Crippen LogP contribution in [0.2, 0.25) is 0 Å². The summed E-state index contributed by atoms with van der Waals surface area (Å²) in [6.07, 6.45) is 3.75. The molecule has 0 radical (unpaired) electrons. The number of methoxy groups -OCH3 is 1. The Balaban J connectivity index is 2.55. The largest absolute Gasteiger partial charge is 0.380 e. The predicted octanol–water partition coefficient (Wildman–Crippen LogP) is 3.16. The normalized spacial score (nSPS) is 10.2. The van der Waals surface area contributed by atoms with Crippen molar-refractivity contribution in [3.8, 4) is 0 Å². The second-order valence-corrected chi connectivity index (χ2v) is 2.99. The summed E-state index contributed by atoms with van der Waals surface area (Å²) < 4.78 is 5.01. The van der Waals surface area contributed by atoms with Gasteiger partial charge >= 0.3 is 0 Å². The van der Waals surface area contributed by atoms with Gasteiger partial charge in [0.25, 0.3) is 0 Å². The average Bonchev–Trinajstić information content (AvgIpc) is 2.27. The third kappa shape index (κ3) is 4.31. The molecule has 0 spiro atoms. The van der Waals surface area contributed by atoms with Gasteiger partial charge in [0, 0.05) is 18.6 Å². The summed E-state index contributed by atoms with van der Waals surface area (Å²) in [4.78, 5) is 2.66. The summed E-state index contributed by atoms with van der Waals surface area (Å²) >= 11 is 0. The number of azide groups is 1. The standard InChI is InChI=1S/C11H13N3O/c1-15-9-11-6-4-10(5-7-11)3-2-8-13-14-12/h2-7H,8-9H2,1H3. The molecule has 1 aromatic carbocycles. The molecule has 4 heteroatoms. The van der Waals surface area contributed by atoms with Crippen LogP contribution in [-0.4, -0.2) is 13.7 Å². The Kier molecular flexibility index (Phi) is 5.01. The Bertz CT molecular complexity index is 364. The molecule has 1 rings (SSSR count). The molecule has 0 saturated carbocycles. The molecule has 0 unspecified atom stereocenters. The zero-order chi connectivity index (χ0) is 10.9. The molecule has 0 aromatic heterocycles. The lowest BCUT2D eigenvalue weighted by Gasteiger charge is -1.99. The van der Waals surface area contributed by atoms with Gasteiger partial charge in [0.2, 0.25) is 0 Å². The summed E-state index contributed by atoms with van der Waals surface area (Å²) in [7, 11) is 1.67. The number of ether oxygens (including phenoxy) is 1. The Labute approximate surface area is 88.8 Å². The fourth-order valence-electron chi connectivity index (χ4n) is 1.16. The summed E-state index contributed by atoms with van der Waals surface area (Å²) in [5.74, 6) is 0. The van der Waals surface area contributed by atoms with E-state index in [1.165, 1.54) is 0 Å². The first-order chi connectivity index (χ1) is 7.36. The molecular formula is C11H13N3O. The fraction of sp³-hybridized carbons (Fsp3) is 0.273. The molecule has 0 aliphatic rings. The highest BCUT2D eigenvalue weighted by Crippen LogP contribution is 2.06. The Morgan fingerprint density at radius 3 is 2.73 bits per heavy atom.